The van der Waals surface area contributed by atoms with Gasteiger partial charge in [0.1, 0.15) is 23.7 Å². The molecule has 0 radical (unpaired) electrons. The van der Waals surface area contributed by atoms with E-state index >= 15 is 0 Å². The summed E-state index contributed by atoms with van der Waals surface area (Å²) in [5.41, 5.74) is 4.86. The molecule has 33 heavy (non-hydrogen) atoms. The van der Waals surface area contributed by atoms with E-state index in [1.807, 2.05) is 55.5 Å². The summed E-state index contributed by atoms with van der Waals surface area (Å²) in [5.74, 6) is 1.08. The van der Waals surface area contributed by atoms with Crippen LogP contribution in [0.3, 0.4) is 0 Å². The summed E-state index contributed by atoms with van der Waals surface area (Å²) in [7, 11) is 0. The van der Waals surface area contributed by atoms with E-state index in [1.54, 1.807) is 18.2 Å². The molecule has 168 valence electrons. The van der Waals surface area contributed by atoms with E-state index in [0.29, 0.717) is 30.1 Å². The lowest BCUT2D eigenvalue weighted by Gasteiger charge is -2.10. The van der Waals surface area contributed by atoms with Gasteiger partial charge in [-0.25, -0.2) is 5.43 Å². The maximum absolute atomic E-state index is 12.5. The third kappa shape index (κ3) is 6.03. The van der Waals surface area contributed by atoms with Crippen LogP contribution in [0.4, 0.5) is 0 Å². The molecule has 0 spiro atoms. The van der Waals surface area contributed by atoms with E-state index in [2.05, 4.69) is 42.4 Å². The molecule has 3 aromatic carbocycles. The number of benzene rings is 3. The predicted octanol–water partition coefficient (Wildman–Crippen LogP) is 6.70. The lowest BCUT2D eigenvalue weighted by Crippen LogP contribution is -2.16. The molecule has 0 unspecified atom stereocenters. The fourth-order valence-corrected chi connectivity index (χ4v) is 3.74. The Morgan fingerprint density at radius 3 is 2.58 bits per heavy atom. The zero-order valence-electron chi connectivity index (χ0n) is 17.7. The van der Waals surface area contributed by atoms with Gasteiger partial charge < -0.3 is 13.9 Å². The van der Waals surface area contributed by atoms with Crippen LogP contribution >= 0.6 is 31.9 Å². The highest BCUT2D eigenvalue weighted by Crippen LogP contribution is 2.25. The van der Waals surface area contributed by atoms with Gasteiger partial charge in [0.25, 0.3) is 0 Å². The van der Waals surface area contributed by atoms with Crippen LogP contribution in [-0.4, -0.2) is 18.7 Å². The van der Waals surface area contributed by atoms with Crippen molar-refractivity contribution in [1.82, 2.24) is 5.43 Å². The number of hydrogen-bond donors (Lipinski definition) is 1. The number of carbonyl (C=O) groups is 1. The number of carbonyl (C=O) groups excluding carboxylic acids is 1. The first kappa shape index (κ1) is 23.1. The van der Waals surface area contributed by atoms with Crippen LogP contribution in [-0.2, 0) is 6.61 Å². The van der Waals surface area contributed by atoms with Gasteiger partial charge in [-0.1, -0.05) is 44.0 Å². The van der Waals surface area contributed by atoms with Gasteiger partial charge in [-0.2, -0.15) is 5.10 Å². The van der Waals surface area contributed by atoms with Crippen molar-refractivity contribution in [3.8, 4) is 11.5 Å². The SMILES string of the molecule is CCOc1ccc2oc(C(=O)N/N=C/c3cc(Br)ccc3OCc3ccc(Br)cc3)cc2c1. The first-order valence-corrected chi connectivity index (χ1v) is 11.8. The molecule has 1 N–H and O–H groups in total. The summed E-state index contributed by atoms with van der Waals surface area (Å²) >= 11 is 6.89. The van der Waals surface area contributed by atoms with Gasteiger partial charge in [0, 0.05) is 19.9 Å². The van der Waals surface area contributed by atoms with Crippen molar-refractivity contribution in [1.29, 1.82) is 0 Å². The fraction of sp³-hybridized carbons (Fsp3) is 0.120. The van der Waals surface area contributed by atoms with Gasteiger partial charge in [0.15, 0.2) is 5.76 Å². The Kier molecular flexibility index (Phi) is 7.47. The molecular formula is C25H20Br2N2O4. The minimum absolute atomic E-state index is 0.164. The van der Waals surface area contributed by atoms with Crippen LogP contribution < -0.4 is 14.9 Å². The second kappa shape index (κ2) is 10.7. The molecule has 0 bridgehead atoms. The highest BCUT2D eigenvalue weighted by atomic mass is 79.9. The van der Waals surface area contributed by atoms with E-state index in [0.717, 1.165) is 25.6 Å². The Balaban J connectivity index is 1.44. The molecule has 6 nitrogen and oxygen atoms in total. The number of halogens is 2. The van der Waals surface area contributed by atoms with E-state index in [1.165, 1.54) is 6.21 Å². The lowest BCUT2D eigenvalue weighted by atomic mass is 10.2. The molecule has 0 aliphatic carbocycles. The number of furan rings is 1. The lowest BCUT2D eigenvalue weighted by molar-refractivity contribution is 0.0929. The molecule has 0 atom stereocenters. The van der Waals surface area contributed by atoms with E-state index in [-0.39, 0.29) is 5.76 Å². The summed E-state index contributed by atoms with van der Waals surface area (Å²) in [4.78, 5) is 12.5. The third-order valence-electron chi connectivity index (χ3n) is 4.67. The number of fused-ring (bicyclic) bond motifs is 1. The molecule has 0 saturated heterocycles. The highest BCUT2D eigenvalue weighted by Gasteiger charge is 2.12. The zero-order valence-corrected chi connectivity index (χ0v) is 20.9. The minimum Gasteiger partial charge on any atom is -0.494 e. The number of ether oxygens (including phenoxy) is 2. The van der Waals surface area contributed by atoms with Crippen LogP contribution in [0.25, 0.3) is 11.0 Å². The van der Waals surface area contributed by atoms with Gasteiger partial charge in [0.2, 0.25) is 0 Å². The molecule has 4 rings (SSSR count). The fourth-order valence-electron chi connectivity index (χ4n) is 3.10. The van der Waals surface area contributed by atoms with Crippen molar-refractivity contribution in [2.75, 3.05) is 6.61 Å². The Morgan fingerprint density at radius 2 is 1.79 bits per heavy atom. The molecule has 0 fully saturated rings. The first-order chi connectivity index (χ1) is 16.0. The Labute approximate surface area is 207 Å². The van der Waals surface area contributed by atoms with Crippen LogP contribution in [0.1, 0.15) is 28.6 Å². The number of nitrogens with zero attached hydrogens (tertiary/aromatic N) is 1. The Morgan fingerprint density at radius 1 is 1.00 bits per heavy atom. The van der Waals surface area contributed by atoms with Gasteiger partial charge in [-0.15, -0.1) is 0 Å². The van der Waals surface area contributed by atoms with Crippen LogP contribution in [0, 0.1) is 0 Å². The Hall–Kier alpha value is -3.10. The van der Waals surface area contributed by atoms with E-state index in [9.17, 15) is 4.79 Å². The average molecular weight is 572 g/mol. The summed E-state index contributed by atoms with van der Waals surface area (Å²) in [6.07, 6.45) is 1.54. The predicted molar refractivity (Wildman–Crippen MR) is 135 cm³/mol. The molecular weight excluding hydrogens is 552 g/mol. The topological polar surface area (TPSA) is 73.1 Å². The number of nitrogens with one attached hydrogen (secondary N) is 1. The molecule has 1 aromatic heterocycles. The molecule has 0 aliphatic heterocycles. The second-order valence-electron chi connectivity index (χ2n) is 7.04. The maximum atomic E-state index is 12.5. The quantitative estimate of drug-likeness (QED) is 0.189. The number of rotatable bonds is 8. The van der Waals surface area contributed by atoms with Gasteiger partial charge in [-0.3, -0.25) is 4.79 Å². The monoisotopic (exact) mass is 570 g/mol. The van der Waals surface area contributed by atoms with E-state index < -0.39 is 5.91 Å². The number of hydrazone groups is 1. The second-order valence-corrected chi connectivity index (χ2v) is 8.87. The molecule has 8 heteroatoms. The van der Waals surface area contributed by atoms with Crippen molar-refractivity contribution >= 4 is 55.0 Å². The molecule has 0 saturated carbocycles. The van der Waals surface area contributed by atoms with Crippen LogP contribution in [0.2, 0.25) is 0 Å². The minimum atomic E-state index is -0.451. The first-order valence-electron chi connectivity index (χ1n) is 10.2. The van der Waals surface area contributed by atoms with Gasteiger partial charge in [0.05, 0.1) is 12.8 Å². The van der Waals surface area contributed by atoms with Crippen molar-refractivity contribution in [3.63, 3.8) is 0 Å². The summed E-state index contributed by atoms with van der Waals surface area (Å²) < 4.78 is 19.0. The average Bonchev–Trinajstić information content (AvgIpc) is 3.23. The standard InChI is InChI=1S/C25H20Br2N2O4/c1-2-31-21-8-10-23-17(12-21)13-24(33-23)25(30)29-28-14-18-11-20(27)7-9-22(18)32-15-16-3-5-19(26)6-4-16/h3-14H,2,15H2,1H3,(H,29,30)/b28-14+. The summed E-state index contributed by atoms with van der Waals surface area (Å²) in [6, 6.07) is 20.6. The third-order valence-corrected chi connectivity index (χ3v) is 5.69. The van der Waals surface area contributed by atoms with Crippen LogP contribution in [0.15, 0.2) is 85.2 Å². The summed E-state index contributed by atoms with van der Waals surface area (Å²) in [6.45, 7) is 2.89. The van der Waals surface area contributed by atoms with Crippen molar-refractivity contribution in [2.24, 2.45) is 5.10 Å². The van der Waals surface area contributed by atoms with Crippen LogP contribution in [0.5, 0.6) is 11.5 Å². The van der Waals surface area contributed by atoms with E-state index in [4.69, 9.17) is 13.9 Å². The molecule has 0 aliphatic rings. The van der Waals surface area contributed by atoms with Crippen molar-refractivity contribution in [3.05, 3.63) is 92.6 Å². The number of amides is 1. The highest BCUT2D eigenvalue weighted by molar-refractivity contribution is 9.10. The molecule has 4 aromatic rings. The maximum Gasteiger partial charge on any atom is 0.307 e. The smallest absolute Gasteiger partial charge is 0.307 e. The molecule has 1 amide bonds. The Bertz CT molecular complexity index is 1300. The zero-order chi connectivity index (χ0) is 23.2. The van der Waals surface area contributed by atoms with Crippen molar-refractivity contribution in [2.45, 2.75) is 13.5 Å². The number of hydrogen-bond acceptors (Lipinski definition) is 5. The normalized spacial score (nSPS) is 11.1. The van der Waals surface area contributed by atoms with Gasteiger partial charge >= 0.3 is 5.91 Å². The summed E-state index contributed by atoms with van der Waals surface area (Å²) in [5, 5.41) is 4.87. The van der Waals surface area contributed by atoms with Crippen molar-refractivity contribution < 1.29 is 18.7 Å². The largest absolute Gasteiger partial charge is 0.494 e. The molecule has 1 heterocycles. The van der Waals surface area contributed by atoms with Gasteiger partial charge in [-0.05, 0) is 67.1 Å².